The summed E-state index contributed by atoms with van der Waals surface area (Å²) in [4.78, 5) is 24.3. The van der Waals surface area contributed by atoms with Crippen LogP contribution in [0.1, 0.15) is 19.8 Å². The maximum absolute atomic E-state index is 11.5. The van der Waals surface area contributed by atoms with Gasteiger partial charge in [-0.1, -0.05) is 0 Å². The number of Topliss-reactive ketones (excluding diaryl/α,β-unsaturated/α-hetero) is 1. The summed E-state index contributed by atoms with van der Waals surface area (Å²) < 4.78 is 4.84. The Bertz CT molecular complexity index is 245. The lowest BCUT2D eigenvalue weighted by atomic mass is 10.0. The normalized spacial score (nSPS) is 20.8. The smallest absolute Gasteiger partial charge is 0.410 e. The molecule has 0 aromatic heterocycles. The number of hydrogen-bond acceptors (Lipinski definition) is 3. The lowest BCUT2D eigenvalue weighted by molar-refractivity contribution is -0.119. The average Bonchev–Trinajstić information content (AvgIpc) is 2.57. The van der Waals surface area contributed by atoms with E-state index in [0.29, 0.717) is 19.0 Å². The van der Waals surface area contributed by atoms with Crippen LogP contribution in [-0.4, -0.2) is 42.4 Å². The highest BCUT2D eigenvalue weighted by atomic mass is 35.5. The van der Waals surface area contributed by atoms with Crippen molar-refractivity contribution in [2.45, 2.75) is 19.8 Å². The standard InChI is InChI=1S/C10H16ClNO3/c1-2-15-10(14)12-6-8(4-3-5-11)9(13)7-12/h8H,2-7H2,1H3. The molecule has 0 bridgehead atoms. The minimum absolute atomic E-state index is 0.0480. The fourth-order valence-corrected chi connectivity index (χ4v) is 1.83. The van der Waals surface area contributed by atoms with Gasteiger partial charge in [-0.2, -0.15) is 0 Å². The number of amides is 1. The van der Waals surface area contributed by atoms with Gasteiger partial charge in [-0.05, 0) is 19.8 Å². The number of alkyl halides is 1. The summed E-state index contributed by atoms with van der Waals surface area (Å²) in [7, 11) is 0. The Morgan fingerprint density at radius 1 is 1.67 bits per heavy atom. The Kier molecular flexibility index (Phi) is 4.88. The lowest BCUT2D eigenvalue weighted by Gasteiger charge is -2.14. The van der Waals surface area contributed by atoms with Crippen molar-refractivity contribution in [3.63, 3.8) is 0 Å². The van der Waals surface area contributed by atoms with E-state index in [0.717, 1.165) is 12.8 Å². The molecule has 86 valence electrons. The Hall–Kier alpha value is -0.770. The third kappa shape index (κ3) is 3.38. The molecule has 4 nitrogen and oxygen atoms in total. The molecular weight excluding hydrogens is 218 g/mol. The van der Waals surface area contributed by atoms with Crippen LogP contribution in [0, 0.1) is 5.92 Å². The van der Waals surface area contributed by atoms with Crippen molar-refractivity contribution in [3.05, 3.63) is 0 Å². The van der Waals surface area contributed by atoms with E-state index in [9.17, 15) is 9.59 Å². The molecule has 1 unspecified atom stereocenters. The van der Waals surface area contributed by atoms with Crippen LogP contribution in [0.15, 0.2) is 0 Å². The topological polar surface area (TPSA) is 46.6 Å². The lowest BCUT2D eigenvalue weighted by Crippen LogP contribution is -2.29. The fraction of sp³-hybridized carbons (Fsp3) is 0.800. The van der Waals surface area contributed by atoms with Gasteiger partial charge in [-0.3, -0.25) is 4.79 Å². The number of ketones is 1. The second-order valence-corrected chi connectivity index (χ2v) is 3.95. The predicted molar refractivity (Wildman–Crippen MR) is 57.0 cm³/mol. The molecule has 0 N–H and O–H groups in total. The first-order valence-corrected chi connectivity index (χ1v) is 5.72. The van der Waals surface area contributed by atoms with Crippen molar-refractivity contribution in [1.29, 1.82) is 0 Å². The summed E-state index contributed by atoms with van der Waals surface area (Å²) in [6, 6.07) is 0. The number of ether oxygens (including phenoxy) is 1. The van der Waals surface area contributed by atoms with E-state index in [4.69, 9.17) is 16.3 Å². The molecular formula is C10H16ClNO3. The van der Waals surface area contributed by atoms with Crippen LogP contribution in [0.25, 0.3) is 0 Å². The van der Waals surface area contributed by atoms with E-state index in [1.807, 2.05) is 0 Å². The van der Waals surface area contributed by atoms with Crippen molar-refractivity contribution in [1.82, 2.24) is 4.90 Å². The Labute approximate surface area is 94.5 Å². The molecule has 1 heterocycles. The molecule has 1 saturated heterocycles. The van der Waals surface area contributed by atoms with Gasteiger partial charge >= 0.3 is 6.09 Å². The molecule has 1 rings (SSSR count). The first kappa shape index (κ1) is 12.3. The van der Waals surface area contributed by atoms with Crippen LogP contribution in [0.3, 0.4) is 0 Å². The highest BCUT2D eigenvalue weighted by molar-refractivity contribution is 6.17. The number of nitrogens with zero attached hydrogens (tertiary/aromatic N) is 1. The van der Waals surface area contributed by atoms with Gasteiger partial charge in [0, 0.05) is 18.3 Å². The van der Waals surface area contributed by atoms with Crippen molar-refractivity contribution < 1.29 is 14.3 Å². The first-order chi connectivity index (χ1) is 7.19. The van der Waals surface area contributed by atoms with Crippen molar-refractivity contribution in [2.75, 3.05) is 25.6 Å². The number of hydrogen-bond donors (Lipinski definition) is 0. The van der Waals surface area contributed by atoms with Crippen LogP contribution < -0.4 is 0 Å². The maximum Gasteiger partial charge on any atom is 0.410 e. The molecule has 1 aliphatic heterocycles. The van der Waals surface area contributed by atoms with E-state index in [1.54, 1.807) is 6.92 Å². The molecule has 1 aliphatic rings. The molecule has 0 aromatic carbocycles. The van der Waals surface area contributed by atoms with Gasteiger partial charge < -0.3 is 9.64 Å². The third-order valence-electron chi connectivity index (χ3n) is 2.46. The van der Waals surface area contributed by atoms with Crippen LogP contribution in [0.5, 0.6) is 0 Å². The molecule has 5 heteroatoms. The molecule has 1 atom stereocenters. The summed E-state index contributed by atoms with van der Waals surface area (Å²) in [5.41, 5.74) is 0. The molecule has 0 saturated carbocycles. The summed E-state index contributed by atoms with van der Waals surface area (Å²) in [6.45, 7) is 2.76. The van der Waals surface area contributed by atoms with E-state index >= 15 is 0 Å². The van der Waals surface area contributed by atoms with Gasteiger partial charge in [0.25, 0.3) is 0 Å². The zero-order valence-corrected chi connectivity index (χ0v) is 9.63. The zero-order chi connectivity index (χ0) is 11.3. The van der Waals surface area contributed by atoms with Crippen molar-refractivity contribution in [2.24, 2.45) is 5.92 Å². The van der Waals surface area contributed by atoms with Crippen LogP contribution in [0.4, 0.5) is 4.79 Å². The SMILES string of the molecule is CCOC(=O)N1CC(=O)C(CCCCl)C1. The van der Waals surface area contributed by atoms with E-state index in [-0.39, 0.29) is 24.3 Å². The van der Waals surface area contributed by atoms with Gasteiger partial charge in [0.1, 0.15) is 0 Å². The fourth-order valence-electron chi connectivity index (χ4n) is 1.68. The highest BCUT2D eigenvalue weighted by Gasteiger charge is 2.33. The molecule has 0 spiro atoms. The molecule has 0 aromatic rings. The Morgan fingerprint density at radius 2 is 2.40 bits per heavy atom. The largest absolute Gasteiger partial charge is 0.450 e. The number of carbonyl (C=O) groups excluding carboxylic acids is 2. The Morgan fingerprint density at radius 3 is 3.00 bits per heavy atom. The first-order valence-electron chi connectivity index (χ1n) is 5.19. The van der Waals surface area contributed by atoms with Crippen LogP contribution in [-0.2, 0) is 9.53 Å². The van der Waals surface area contributed by atoms with Gasteiger partial charge in [0.15, 0.2) is 5.78 Å². The minimum atomic E-state index is -0.390. The maximum atomic E-state index is 11.5. The average molecular weight is 234 g/mol. The van der Waals surface area contributed by atoms with Gasteiger partial charge in [-0.25, -0.2) is 4.79 Å². The number of likely N-dealkylation sites (tertiary alicyclic amines) is 1. The van der Waals surface area contributed by atoms with E-state index < -0.39 is 0 Å². The molecule has 0 aliphatic carbocycles. The Balaban J connectivity index is 2.41. The summed E-state index contributed by atoms with van der Waals surface area (Å²) in [6.07, 6.45) is 1.19. The quantitative estimate of drug-likeness (QED) is 0.694. The van der Waals surface area contributed by atoms with Crippen molar-refractivity contribution in [3.8, 4) is 0 Å². The summed E-state index contributed by atoms with van der Waals surface area (Å²) in [5.74, 6) is 0.629. The van der Waals surface area contributed by atoms with E-state index in [1.165, 1.54) is 4.90 Å². The second kappa shape index (κ2) is 5.95. The monoisotopic (exact) mass is 233 g/mol. The van der Waals surface area contributed by atoms with Gasteiger partial charge in [-0.15, -0.1) is 11.6 Å². The number of carbonyl (C=O) groups is 2. The molecule has 1 fully saturated rings. The molecule has 1 amide bonds. The van der Waals surface area contributed by atoms with Crippen LogP contribution >= 0.6 is 11.6 Å². The molecule has 0 radical (unpaired) electrons. The summed E-state index contributed by atoms with van der Waals surface area (Å²) in [5, 5.41) is 0. The van der Waals surface area contributed by atoms with Crippen molar-refractivity contribution >= 4 is 23.5 Å². The van der Waals surface area contributed by atoms with E-state index in [2.05, 4.69) is 0 Å². The summed E-state index contributed by atoms with van der Waals surface area (Å²) >= 11 is 5.56. The molecule has 15 heavy (non-hydrogen) atoms. The third-order valence-corrected chi connectivity index (χ3v) is 2.72. The number of rotatable bonds is 4. The minimum Gasteiger partial charge on any atom is -0.450 e. The zero-order valence-electron chi connectivity index (χ0n) is 8.87. The highest BCUT2D eigenvalue weighted by Crippen LogP contribution is 2.18. The van der Waals surface area contributed by atoms with Gasteiger partial charge in [0.05, 0.1) is 13.2 Å². The predicted octanol–water partition coefficient (Wildman–Crippen LogP) is 1.66. The second-order valence-electron chi connectivity index (χ2n) is 3.57. The van der Waals surface area contributed by atoms with Crippen LogP contribution in [0.2, 0.25) is 0 Å². The number of halogens is 1. The van der Waals surface area contributed by atoms with Gasteiger partial charge in [0.2, 0.25) is 0 Å².